The lowest BCUT2D eigenvalue weighted by Gasteiger charge is -2.32. The summed E-state index contributed by atoms with van der Waals surface area (Å²) in [6, 6.07) is 11.7. The van der Waals surface area contributed by atoms with Crippen LogP contribution in [0.4, 0.5) is 0 Å². The first-order valence-electron chi connectivity index (χ1n) is 7.61. The van der Waals surface area contributed by atoms with Crippen molar-refractivity contribution in [3.63, 3.8) is 0 Å². The first-order chi connectivity index (χ1) is 9.63. The van der Waals surface area contributed by atoms with Crippen molar-refractivity contribution in [3.05, 3.63) is 35.9 Å². The van der Waals surface area contributed by atoms with Gasteiger partial charge in [0, 0.05) is 25.6 Å². The van der Waals surface area contributed by atoms with Gasteiger partial charge in [-0.1, -0.05) is 30.3 Å². The van der Waals surface area contributed by atoms with E-state index in [4.69, 9.17) is 4.74 Å². The second kappa shape index (κ2) is 5.57. The second-order valence-corrected chi connectivity index (χ2v) is 6.24. The molecule has 1 aliphatic carbocycles. The van der Waals surface area contributed by atoms with E-state index in [1.165, 1.54) is 18.9 Å². The van der Waals surface area contributed by atoms with Crippen LogP contribution in [0, 0.1) is 5.92 Å². The zero-order valence-corrected chi connectivity index (χ0v) is 12.3. The number of ether oxygens (including phenoxy) is 1. The van der Waals surface area contributed by atoms with Crippen LogP contribution in [0.3, 0.4) is 0 Å². The van der Waals surface area contributed by atoms with Crippen molar-refractivity contribution in [3.8, 4) is 0 Å². The highest BCUT2D eigenvalue weighted by Gasteiger charge is 2.42. The minimum atomic E-state index is -0.140. The molecule has 0 aromatic heterocycles. The van der Waals surface area contributed by atoms with E-state index < -0.39 is 0 Å². The number of benzene rings is 1. The summed E-state index contributed by atoms with van der Waals surface area (Å²) in [4.78, 5) is 13.7. The average molecular weight is 273 g/mol. The fourth-order valence-corrected chi connectivity index (χ4v) is 3.94. The monoisotopic (exact) mass is 273 g/mol. The van der Waals surface area contributed by atoms with Gasteiger partial charge in [-0.3, -0.25) is 9.69 Å². The fourth-order valence-electron chi connectivity index (χ4n) is 3.94. The summed E-state index contributed by atoms with van der Waals surface area (Å²) in [6.07, 6.45) is 3.42. The Balaban J connectivity index is 1.69. The minimum Gasteiger partial charge on any atom is -0.462 e. The lowest BCUT2D eigenvalue weighted by molar-refractivity contribution is -0.148. The lowest BCUT2D eigenvalue weighted by atomic mass is 9.88. The highest BCUT2D eigenvalue weighted by molar-refractivity contribution is 5.66. The van der Waals surface area contributed by atoms with Gasteiger partial charge in [0.25, 0.3) is 0 Å². The summed E-state index contributed by atoms with van der Waals surface area (Å²) in [5.41, 5.74) is 1.38. The highest BCUT2D eigenvalue weighted by atomic mass is 16.5. The molecular weight excluding hydrogens is 250 g/mol. The van der Waals surface area contributed by atoms with Crippen molar-refractivity contribution in [2.45, 2.75) is 51.3 Å². The number of hydrogen-bond acceptors (Lipinski definition) is 3. The SMILES string of the molecule is CC(=O)O[C@H]1C[C@H]2C[C@@H](C1)N([C@H](C)c1ccccc1)C2. The van der Waals surface area contributed by atoms with Crippen LogP contribution in [0.5, 0.6) is 0 Å². The first-order valence-corrected chi connectivity index (χ1v) is 7.61. The van der Waals surface area contributed by atoms with Gasteiger partial charge < -0.3 is 4.74 Å². The van der Waals surface area contributed by atoms with Gasteiger partial charge in [-0.15, -0.1) is 0 Å². The van der Waals surface area contributed by atoms with Gasteiger partial charge in [0.2, 0.25) is 0 Å². The molecule has 3 rings (SSSR count). The third kappa shape index (κ3) is 2.73. The van der Waals surface area contributed by atoms with Crippen LogP contribution in [0.15, 0.2) is 30.3 Å². The second-order valence-electron chi connectivity index (χ2n) is 6.24. The molecule has 2 aliphatic rings. The molecule has 1 aromatic carbocycles. The third-order valence-corrected chi connectivity index (χ3v) is 4.79. The van der Waals surface area contributed by atoms with Crippen LogP contribution in [0.1, 0.15) is 44.7 Å². The molecule has 1 aromatic rings. The van der Waals surface area contributed by atoms with Gasteiger partial charge in [0.15, 0.2) is 0 Å². The van der Waals surface area contributed by atoms with Crippen molar-refractivity contribution in [1.29, 1.82) is 0 Å². The Kier molecular flexibility index (Phi) is 3.79. The number of carbonyl (C=O) groups excluding carboxylic acids is 1. The molecule has 3 heteroatoms. The van der Waals surface area contributed by atoms with E-state index in [9.17, 15) is 4.79 Å². The van der Waals surface area contributed by atoms with E-state index in [0.717, 1.165) is 19.4 Å². The first kappa shape index (κ1) is 13.6. The van der Waals surface area contributed by atoms with Crippen molar-refractivity contribution < 1.29 is 9.53 Å². The number of fused-ring (bicyclic) bond motifs is 2. The Hall–Kier alpha value is -1.35. The summed E-state index contributed by atoms with van der Waals surface area (Å²) in [6.45, 7) is 4.94. The third-order valence-electron chi connectivity index (χ3n) is 4.79. The Morgan fingerprint density at radius 1 is 1.25 bits per heavy atom. The summed E-state index contributed by atoms with van der Waals surface area (Å²) in [5.74, 6) is 0.545. The van der Waals surface area contributed by atoms with Crippen LogP contribution in [0.25, 0.3) is 0 Å². The molecule has 1 saturated heterocycles. The number of rotatable bonds is 3. The van der Waals surface area contributed by atoms with Gasteiger partial charge in [0.1, 0.15) is 6.10 Å². The van der Waals surface area contributed by atoms with E-state index >= 15 is 0 Å². The zero-order valence-electron chi connectivity index (χ0n) is 12.3. The number of carbonyl (C=O) groups is 1. The number of likely N-dealkylation sites (tertiary alicyclic amines) is 1. The van der Waals surface area contributed by atoms with Gasteiger partial charge in [-0.2, -0.15) is 0 Å². The van der Waals surface area contributed by atoms with Gasteiger partial charge in [0.05, 0.1) is 0 Å². The Labute approximate surface area is 120 Å². The van der Waals surface area contributed by atoms with Crippen molar-refractivity contribution >= 4 is 5.97 Å². The van der Waals surface area contributed by atoms with Crippen LogP contribution >= 0.6 is 0 Å². The van der Waals surface area contributed by atoms with Gasteiger partial charge in [-0.25, -0.2) is 0 Å². The maximum absolute atomic E-state index is 11.1. The van der Waals surface area contributed by atoms with E-state index in [0.29, 0.717) is 18.0 Å². The fraction of sp³-hybridized carbons (Fsp3) is 0.588. The maximum Gasteiger partial charge on any atom is 0.302 e. The summed E-state index contributed by atoms with van der Waals surface area (Å²) in [7, 11) is 0. The minimum absolute atomic E-state index is 0.129. The Morgan fingerprint density at radius 3 is 2.70 bits per heavy atom. The average Bonchev–Trinajstić information content (AvgIpc) is 2.73. The Morgan fingerprint density at radius 2 is 2.00 bits per heavy atom. The molecular formula is C17H23NO2. The van der Waals surface area contributed by atoms with Crippen molar-refractivity contribution in [2.24, 2.45) is 5.92 Å². The molecule has 3 nitrogen and oxygen atoms in total. The van der Waals surface area contributed by atoms with E-state index in [1.54, 1.807) is 0 Å². The van der Waals surface area contributed by atoms with Crippen LogP contribution in [-0.2, 0) is 9.53 Å². The molecule has 0 radical (unpaired) electrons. The highest BCUT2D eigenvalue weighted by Crippen LogP contribution is 2.41. The zero-order chi connectivity index (χ0) is 14.1. The predicted octanol–water partition coefficient (Wildman–Crippen LogP) is 3.16. The van der Waals surface area contributed by atoms with E-state index in [2.05, 4.69) is 42.2 Å². The molecule has 1 aliphatic heterocycles. The van der Waals surface area contributed by atoms with Crippen LogP contribution < -0.4 is 0 Å². The van der Waals surface area contributed by atoms with Crippen molar-refractivity contribution in [2.75, 3.05) is 6.54 Å². The van der Waals surface area contributed by atoms with Crippen LogP contribution in [0.2, 0.25) is 0 Å². The molecule has 0 amide bonds. The number of esters is 1. The molecule has 2 fully saturated rings. The molecule has 20 heavy (non-hydrogen) atoms. The normalized spacial score (nSPS) is 31.0. The van der Waals surface area contributed by atoms with Gasteiger partial charge >= 0.3 is 5.97 Å². The number of nitrogens with zero attached hydrogens (tertiary/aromatic N) is 1. The standard InChI is InChI=1S/C17H23NO2/c1-12(15-6-4-3-5-7-15)18-11-14-8-16(18)10-17(9-14)20-13(2)19/h3-7,12,14,16-17H,8-11H2,1-2H3/t12-,14-,16+,17+/m1/s1. The molecule has 1 heterocycles. The predicted molar refractivity (Wildman–Crippen MR) is 78.2 cm³/mol. The molecule has 2 bridgehead atoms. The summed E-state index contributed by atoms with van der Waals surface area (Å²) < 4.78 is 5.44. The molecule has 108 valence electrons. The molecule has 0 unspecified atom stereocenters. The summed E-state index contributed by atoms with van der Waals surface area (Å²) >= 11 is 0. The molecule has 0 spiro atoms. The quantitative estimate of drug-likeness (QED) is 0.792. The van der Waals surface area contributed by atoms with E-state index in [-0.39, 0.29) is 12.1 Å². The lowest BCUT2D eigenvalue weighted by Crippen LogP contribution is -2.35. The maximum atomic E-state index is 11.1. The molecule has 1 saturated carbocycles. The number of hydrogen-bond donors (Lipinski definition) is 0. The van der Waals surface area contributed by atoms with E-state index in [1.807, 2.05) is 0 Å². The topological polar surface area (TPSA) is 29.5 Å². The smallest absolute Gasteiger partial charge is 0.302 e. The summed E-state index contributed by atoms with van der Waals surface area (Å²) in [5, 5.41) is 0. The van der Waals surface area contributed by atoms with Crippen molar-refractivity contribution in [1.82, 2.24) is 4.90 Å². The largest absolute Gasteiger partial charge is 0.462 e. The molecule has 4 atom stereocenters. The van der Waals surface area contributed by atoms with Gasteiger partial charge in [-0.05, 0) is 37.7 Å². The molecule has 0 N–H and O–H groups in total. The van der Waals surface area contributed by atoms with Crippen LogP contribution in [-0.4, -0.2) is 29.6 Å². The Bertz CT molecular complexity index is 473.